The molecule has 4 aromatic carbocycles. The Hall–Kier alpha value is -8.03. The zero-order valence-corrected chi connectivity index (χ0v) is 41.8. The second-order valence-corrected chi connectivity index (χ2v) is 16.0. The number of ketones is 1. The number of aryl methyl sites for hydroxylation is 2. The lowest BCUT2D eigenvalue weighted by atomic mass is 10.0. The van der Waals surface area contributed by atoms with Gasteiger partial charge in [0.25, 0.3) is 0 Å². The van der Waals surface area contributed by atoms with Crippen LogP contribution in [0.3, 0.4) is 0 Å². The molecule has 0 spiro atoms. The molecule has 2 aromatic heterocycles. The maximum absolute atomic E-state index is 14.0. The molecule has 0 amide bonds. The molecule has 0 saturated heterocycles. The van der Waals surface area contributed by atoms with Gasteiger partial charge in [-0.3, -0.25) is 14.4 Å². The number of benzene rings is 4. The number of nitrogens with zero attached hydrogens (tertiary/aromatic N) is 2. The monoisotopic (exact) mass is 1030 g/mol. The highest BCUT2D eigenvalue weighted by Crippen LogP contribution is 2.22. The molecule has 0 saturated carbocycles. The van der Waals surface area contributed by atoms with E-state index in [-0.39, 0.29) is 96.9 Å². The van der Waals surface area contributed by atoms with Crippen LogP contribution in [0.2, 0.25) is 0 Å². The van der Waals surface area contributed by atoms with E-state index in [1.807, 2.05) is 43.3 Å². The summed E-state index contributed by atoms with van der Waals surface area (Å²) in [4.78, 5) is 80.3. The second-order valence-electron chi connectivity index (χ2n) is 16.0. The predicted molar refractivity (Wildman–Crippen MR) is 262 cm³/mol. The molecule has 0 aliphatic rings. The zero-order valence-electron chi connectivity index (χ0n) is 41.8. The highest BCUT2D eigenvalue weighted by molar-refractivity contribution is 5.98. The first-order chi connectivity index (χ1) is 35.4. The third kappa shape index (κ3) is 17.9. The first-order valence-corrected chi connectivity index (χ1v) is 22.6. The molecule has 6 rings (SSSR count). The third-order valence-electron chi connectivity index (χ3n) is 10.7. The van der Waals surface area contributed by atoms with Crippen molar-refractivity contribution < 1.29 is 70.0 Å². The van der Waals surface area contributed by atoms with Gasteiger partial charge < -0.3 is 43.3 Å². The Morgan fingerprint density at radius 1 is 0.622 bits per heavy atom. The summed E-state index contributed by atoms with van der Waals surface area (Å²) in [6.07, 6.45) is 2.36. The van der Waals surface area contributed by atoms with E-state index in [2.05, 4.69) is 0 Å². The lowest BCUT2D eigenvalue weighted by Crippen LogP contribution is -2.29. The molecular weight excluding hydrogens is 975 g/mol. The molecule has 2 heterocycles. The highest BCUT2D eigenvalue weighted by Gasteiger charge is 2.28. The van der Waals surface area contributed by atoms with Gasteiger partial charge in [-0.25, -0.2) is 27.2 Å². The number of ether oxygens (including phenoxy) is 6. The van der Waals surface area contributed by atoms with Gasteiger partial charge in [-0.15, -0.1) is 0 Å². The number of rotatable bonds is 19. The smallest absolute Gasteiger partial charge is 0.373 e. The fraction of sp³-hybridized carbons (Fsp3) is 0.296. The Morgan fingerprint density at radius 3 is 1.45 bits per heavy atom. The maximum Gasteiger partial charge on any atom is 0.373 e. The number of pyridine rings is 2. The number of hydrogen-bond donors (Lipinski definition) is 1. The largest absolute Gasteiger partial charge is 0.482 e. The van der Waals surface area contributed by atoms with E-state index in [9.17, 15) is 41.5 Å². The average molecular weight is 1030 g/mol. The summed E-state index contributed by atoms with van der Waals surface area (Å²) in [5, 5.41) is 0. The van der Waals surface area contributed by atoms with Crippen molar-refractivity contribution >= 4 is 23.9 Å². The van der Waals surface area contributed by atoms with Crippen LogP contribution in [0.25, 0.3) is 0 Å². The van der Waals surface area contributed by atoms with Crippen LogP contribution in [-0.2, 0) is 67.8 Å². The van der Waals surface area contributed by atoms with Crippen molar-refractivity contribution in [2.75, 3.05) is 28.4 Å². The van der Waals surface area contributed by atoms with Crippen LogP contribution in [0, 0.1) is 30.2 Å². The summed E-state index contributed by atoms with van der Waals surface area (Å²) in [6.45, 7) is 6.08. The van der Waals surface area contributed by atoms with E-state index in [4.69, 9.17) is 43.7 Å². The molecule has 74 heavy (non-hydrogen) atoms. The third-order valence-corrected chi connectivity index (χ3v) is 10.7. The van der Waals surface area contributed by atoms with E-state index in [1.54, 1.807) is 56.0 Å². The first-order valence-electron chi connectivity index (χ1n) is 22.6. The number of nitrogens with two attached hydrogens (primary N) is 1. The molecule has 0 aliphatic heterocycles. The number of halogens is 4. The van der Waals surface area contributed by atoms with Crippen LogP contribution in [-0.4, -0.2) is 73.7 Å². The molecule has 6 aromatic rings. The lowest BCUT2D eigenvalue weighted by molar-refractivity contribution is -0.191. The summed E-state index contributed by atoms with van der Waals surface area (Å²) in [5.41, 5.74) is 6.36. The number of hydrogen-bond acceptors (Lipinski definition) is 14. The predicted octanol–water partition coefficient (Wildman–Crippen LogP) is 7.74. The van der Waals surface area contributed by atoms with E-state index < -0.39 is 46.4 Å². The number of aromatic nitrogens is 2. The van der Waals surface area contributed by atoms with Crippen LogP contribution in [0.5, 0.6) is 11.5 Å². The first kappa shape index (κ1) is 60.3. The summed E-state index contributed by atoms with van der Waals surface area (Å²) in [7, 11) is 5.53. The van der Waals surface area contributed by atoms with E-state index >= 15 is 0 Å². The van der Waals surface area contributed by atoms with Crippen LogP contribution >= 0.6 is 0 Å². The Bertz CT molecular complexity index is 2960. The summed E-state index contributed by atoms with van der Waals surface area (Å²) in [6, 6.07) is 24.9. The van der Waals surface area contributed by atoms with Crippen LogP contribution in [0.15, 0.2) is 119 Å². The standard InChI is InChI=1S/C27H27F2NO6.C19H23NO5.C7H7F2N.CO2/c1-17(34-2)14-30-15-21(23(31)12-10-19-9-11-20(28)13-22(19)29)25(32)26(24(30)27(33)35-3)36-16-18-7-5-4-6-8-18;1-13-10-20(11-14(2)23-3)16(19(22)24-4)18(17(13)21)25-12-15-8-6-5-7-9-15;8-6-2-1-5(4-10)7(9)3-6;2-1-3/h4-9,11,13,15,17H,10,12,14,16H2,1-3H3;5-10,14H,11-12H2,1-4H3;1-3H,4,10H2;. The minimum atomic E-state index is -0.814. The van der Waals surface area contributed by atoms with E-state index in [0.717, 1.165) is 29.3 Å². The van der Waals surface area contributed by atoms with Crippen molar-refractivity contribution in [3.8, 4) is 11.5 Å². The number of carbonyl (C=O) groups excluding carboxylic acids is 5. The minimum Gasteiger partial charge on any atom is -0.482 e. The maximum atomic E-state index is 14.0. The molecule has 0 fully saturated rings. The van der Waals surface area contributed by atoms with Gasteiger partial charge in [0.05, 0.1) is 32.0 Å². The number of esters is 2. The van der Waals surface area contributed by atoms with Crippen LogP contribution in [0.4, 0.5) is 17.6 Å². The van der Waals surface area contributed by atoms with Crippen molar-refractivity contribution in [2.24, 2.45) is 5.73 Å². The Labute approximate surface area is 424 Å². The van der Waals surface area contributed by atoms with E-state index in [0.29, 0.717) is 17.7 Å². The second kappa shape index (κ2) is 30.8. The SMILES string of the molecule is COC(=O)c1c(OCc2ccccc2)c(=O)c(C(=O)CCc2ccc(F)cc2F)cn1CC(C)OC.COC(=O)c1c(OCc2ccccc2)c(=O)c(C)cn1CC(C)OC.NCc1ccc(F)cc1F.O=C=O. The quantitative estimate of drug-likeness (QED) is 0.0468. The Morgan fingerprint density at radius 2 is 1.04 bits per heavy atom. The molecule has 0 radical (unpaired) electrons. The molecule has 20 heteroatoms. The fourth-order valence-corrected chi connectivity index (χ4v) is 6.74. The minimum absolute atomic E-state index is 0.000920. The van der Waals surface area contributed by atoms with Crippen molar-refractivity contribution in [1.29, 1.82) is 0 Å². The highest BCUT2D eigenvalue weighted by atomic mass is 19.1. The molecule has 0 aliphatic carbocycles. The summed E-state index contributed by atoms with van der Waals surface area (Å²) in [5.74, 6) is -5.00. The molecule has 2 atom stereocenters. The number of Topliss-reactive ketones (excluding diaryl/α,β-unsaturated/α-hetero) is 1. The van der Waals surface area contributed by atoms with Crippen molar-refractivity contribution in [3.05, 3.63) is 198 Å². The van der Waals surface area contributed by atoms with Gasteiger partial charge in [-0.2, -0.15) is 9.59 Å². The van der Waals surface area contributed by atoms with Crippen molar-refractivity contribution in [1.82, 2.24) is 9.13 Å². The van der Waals surface area contributed by atoms with Gasteiger partial charge in [0.1, 0.15) is 36.5 Å². The molecule has 0 bridgehead atoms. The van der Waals surface area contributed by atoms with Crippen LogP contribution in [0.1, 0.15) is 79.4 Å². The van der Waals surface area contributed by atoms with Crippen LogP contribution < -0.4 is 26.1 Å². The van der Waals surface area contributed by atoms with Gasteiger partial charge >= 0.3 is 18.1 Å². The Kier molecular flexibility index (Phi) is 25.1. The molecule has 394 valence electrons. The van der Waals surface area contributed by atoms with E-state index in [1.165, 1.54) is 50.3 Å². The van der Waals surface area contributed by atoms with Crippen molar-refractivity contribution in [3.63, 3.8) is 0 Å². The summed E-state index contributed by atoms with van der Waals surface area (Å²) >= 11 is 0. The van der Waals surface area contributed by atoms with Gasteiger partial charge in [0.2, 0.25) is 10.9 Å². The summed E-state index contributed by atoms with van der Waals surface area (Å²) < 4.78 is 86.9. The number of carbonyl (C=O) groups is 3. The number of methoxy groups -OCH3 is 4. The van der Waals surface area contributed by atoms with Gasteiger partial charge in [0, 0.05) is 75.9 Å². The van der Waals surface area contributed by atoms with Gasteiger partial charge in [0.15, 0.2) is 28.7 Å². The average Bonchev–Trinajstić information content (AvgIpc) is 3.39. The molecule has 16 nitrogen and oxygen atoms in total. The zero-order chi connectivity index (χ0) is 54.9. The Balaban J connectivity index is 0.000000326. The fourth-order valence-electron chi connectivity index (χ4n) is 6.74. The van der Waals surface area contributed by atoms with Gasteiger partial charge in [-0.1, -0.05) is 72.8 Å². The van der Waals surface area contributed by atoms with Gasteiger partial charge in [-0.05, 0) is 56.0 Å². The molecular formula is C54H57F4N3O13. The molecule has 2 unspecified atom stereocenters. The topological polar surface area (TPSA) is 211 Å². The lowest BCUT2D eigenvalue weighted by Gasteiger charge is -2.20. The normalized spacial score (nSPS) is 11.1. The molecule has 2 N–H and O–H groups in total. The van der Waals surface area contributed by atoms with Crippen molar-refractivity contribution in [2.45, 2.75) is 78.7 Å².